The monoisotopic (exact) mass is 362 g/mol. The number of amides is 1. The molecule has 0 atom stereocenters. The molecule has 3 aromatic heterocycles. The molecule has 0 aliphatic rings. The van der Waals surface area contributed by atoms with E-state index >= 15 is 0 Å². The van der Waals surface area contributed by atoms with Crippen molar-refractivity contribution in [2.24, 2.45) is 0 Å². The van der Waals surface area contributed by atoms with E-state index in [0.717, 1.165) is 11.1 Å². The van der Waals surface area contributed by atoms with Crippen LogP contribution in [0.1, 0.15) is 0 Å². The fourth-order valence-electron chi connectivity index (χ4n) is 2.68. The minimum Gasteiger partial charge on any atom is -0.309 e. The van der Waals surface area contributed by atoms with Gasteiger partial charge < -0.3 is 5.32 Å². The van der Waals surface area contributed by atoms with E-state index in [0.29, 0.717) is 16.0 Å². The lowest BCUT2D eigenvalue weighted by Gasteiger charge is -2.07. The van der Waals surface area contributed by atoms with Crippen molar-refractivity contribution in [2.45, 2.75) is 6.54 Å². The maximum Gasteiger partial charge on any atom is 0.263 e. The largest absolute Gasteiger partial charge is 0.309 e. The molecule has 0 aliphatic carbocycles. The maximum atomic E-state index is 12.9. The van der Waals surface area contributed by atoms with Gasteiger partial charge in [0.1, 0.15) is 17.2 Å². The van der Waals surface area contributed by atoms with Crippen LogP contribution in [0, 0.1) is 0 Å². The van der Waals surface area contributed by atoms with E-state index in [-0.39, 0.29) is 18.0 Å². The van der Waals surface area contributed by atoms with Crippen LogP contribution in [0.4, 0.5) is 5.82 Å². The third-order valence-corrected chi connectivity index (χ3v) is 4.78. The van der Waals surface area contributed by atoms with Crippen LogP contribution in [-0.4, -0.2) is 20.4 Å². The normalized spacial score (nSPS) is 10.8. The molecule has 7 heteroatoms. The summed E-state index contributed by atoms with van der Waals surface area (Å²) in [4.78, 5) is 34.2. The van der Waals surface area contributed by atoms with Gasteiger partial charge in [0.2, 0.25) is 5.91 Å². The molecule has 1 aromatic carbocycles. The van der Waals surface area contributed by atoms with Gasteiger partial charge in [-0.25, -0.2) is 9.97 Å². The highest BCUT2D eigenvalue weighted by molar-refractivity contribution is 7.17. The topological polar surface area (TPSA) is 76.9 Å². The molecule has 1 N–H and O–H groups in total. The molecule has 0 radical (unpaired) electrons. The van der Waals surface area contributed by atoms with E-state index < -0.39 is 0 Å². The predicted octanol–water partition coefficient (Wildman–Crippen LogP) is 3.16. The van der Waals surface area contributed by atoms with Crippen molar-refractivity contribution in [3.8, 4) is 11.1 Å². The predicted molar refractivity (Wildman–Crippen MR) is 102 cm³/mol. The van der Waals surface area contributed by atoms with E-state index in [1.807, 2.05) is 35.7 Å². The number of carbonyl (C=O) groups is 1. The number of thiophene rings is 1. The van der Waals surface area contributed by atoms with E-state index in [1.54, 1.807) is 24.4 Å². The highest BCUT2D eigenvalue weighted by atomic mass is 32.1. The van der Waals surface area contributed by atoms with Crippen molar-refractivity contribution in [1.29, 1.82) is 0 Å². The molecule has 0 fully saturated rings. The maximum absolute atomic E-state index is 12.9. The number of nitrogens with zero attached hydrogens (tertiary/aromatic N) is 3. The van der Waals surface area contributed by atoms with Gasteiger partial charge >= 0.3 is 0 Å². The first kappa shape index (κ1) is 16.2. The standard InChI is InChI=1S/C19H14N4O2S/c24-16(22-15-8-4-5-9-20-15)10-23-12-21-18-17(19(23)25)14(11-26-18)13-6-2-1-3-7-13/h1-9,11-12H,10H2,(H,20,22,24). The summed E-state index contributed by atoms with van der Waals surface area (Å²) in [6, 6.07) is 14.9. The molecular weight excluding hydrogens is 348 g/mol. The van der Waals surface area contributed by atoms with Crippen LogP contribution < -0.4 is 10.9 Å². The zero-order chi connectivity index (χ0) is 17.9. The summed E-state index contributed by atoms with van der Waals surface area (Å²) < 4.78 is 1.32. The lowest BCUT2D eigenvalue weighted by atomic mass is 10.1. The molecule has 26 heavy (non-hydrogen) atoms. The molecule has 1 amide bonds. The molecule has 128 valence electrons. The first-order chi connectivity index (χ1) is 12.7. The summed E-state index contributed by atoms with van der Waals surface area (Å²) in [5, 5.41) is 5.13. The fraction of sp³-hybridized carbons (Fsp3) is 0.0526. The Labute approximate surface area is 152 Å². The quantitative estimate of drug-likeness (QED) is 0.605. The Balaban J connectivity index is 1.67. The second kappa shape index (κ2) is 6.89. The SMILES string of the molecule is O=C(Cn1cnc2scc(-c3ccccc3)c2c1=O)Nc1ccccn1. The van der Waals surface area contributed by atoms with Crippen molar-refractivity contribution in [1.82, 2.24) is 14.5 Å². The summed E-state index contributed by atoms with van der Waals surface area (Å²) in [5.74, 6) is 0.114. The van der Waals surface area contributed by atoms with Crippen molar-refractivity contribution < 1.29 is 4.79 Å². The van der Waals surface area contributed by atoms with E-state index in [4.69, 9.17) is 0 Å². The summed E-state index contributed by atoms with van der Waals surface area (Å²) >= 11 is 1.42. The molecule has 3 heterocycles. The number of pyridine rings is 1. The molecule has 0 bridgehead atoms. The number of rotatable bonds is 4. The van der Waals surface area contributed by atoms with Gasteiger partial charge in [-0.15, -0.1) is 11.3 Å². The van der Waals surface area contributed by atoms with Gasteiger partial charge in [0.15, 0.2) is 0 Å². The molecule has 4 aromatic rings. The van der Waals surface area contributed by atoms with Crippen LogP contribution in [0.25, 0.3) is 21.3 Å². The Kier molecular flexibility index (Phi) is 4.28. The zero-order valence-corrected chi connectivity index (χ0v) is 14.4. The Morgan fingerprint density at radius 2 is 1.88 bits per heavy atom. The van der Waals surface area contributed by atoms with Crippen LogP contribution in [-0.2, 0) is 11.3 Å². The molecule has 4 rings (SSSR count). The highest BCUT2D eigenvalue weighted by Gasteiger charge is 2.14. The molecule has 6 nitrogen and oxygen atoms in total. The third-order valence-electron chi connectivity index (χ3n) is 3.89. The lowest BCUT2D eigenvalue weighted by molar-refractivity contribution is -0.116. The molecule has 0 spiro atoms. The van der Waals surface area contributed by atoms with Crippen molar-refractivity contribution >= 4 is 33.3 Å². The number of aromatic nitrogens is 3. The minimum atomic E-state index is -0.330. The fourth-order valence-corrected chi connectivity index (χ4v) is 3.59. The second-order valence-corrected chi connectivity index (χ2v) is 6.49. The summed E-state index contributed by atoms with van der Waals surface area (Å²) in [6.45, 7) is -0.123. The zero-order valence-electron chi connectivity index (χ0n) is 13.6. The molecule has 0 unspecified atom stereocenters. The van der Waals surface area contributed by atoms with Gasteiger partial charge in [0.25, 0.3) is 5.56 Å². The third kappa shape index (κ3) is 3.12. The number of benzene rings is 1. The highest BCUT2D eigenvalue weighted by Crippen LogP contribution is 2.30. The van der Waals surface area contributed by atoms with Crippen molar-refractivity contribution in [3.05, 3.63) is 76.8 Å². The number of nitrogens with one attached hydrogen (secondary N) is 1. The van der Waals surface area contributed by atoms with Crippen LogP contribution in [0.15, 0.2) is 71.2 Å². The Hall–Kier alpha value is -3.32. The van der Waals surface area contributed by atoms with E-state index in [2.05, 4.69) is 15.3 Å². The first-order valence-electron chi connectivity index (χ1n) is 7.95. The average molecular weight is 362 g/mol. The van der Waals surface area contributed by atoms with Crippen molar-refractivity contribution in [3.63, 3.8) is 0 Å². The van der Waals surface area contributed by atoms with E-state index in [9.17, 15) is 9.59 Å². The number of anilines is 1. The van der Waals surface area contributed by atoms with Gasteiger partial charge in [-0.3, -0.25) is 14.2 Å². The number of carbonyl (C=O) groups excluding carboxylic acids is 1. The number of hydrogen-bond acceptors (Lipinski definition) is 5. The van der Waals surface area contributed by atoms with Crippen LogP contribution in [0.5, 0.6) is 0 Å². The summed E-state index contributed by atoms with van der Waals surface area (Å²) in [6.07, 6.45) is 3.00. The smallest absolute Gasteiger partial charge is 0.263 e. The van der Waals surface area contributed by atoms with Gasteiger partial charge in [-0.1, -0.05) is 36.4 Å². The molecule has 0 saturated carbocycles. The van der Waals surface area contributed by atoms with Crippen LogP contribution in [0.3, 0.4) is 0 Å². The Morgan fingerprint density at radius 1 is 1.08 bits per heavy atom. The number of fused-ring (bicyclic) bond motifs is 1. The average Bonchev–Trinajstić information content (AvgIpc) is 3.10. The summed E-state index contributed by atoms with van der Waals surface area (Å²) in [7, 11) is 0. The first-order valence-corrected chi connectivity index (χ1v) is 8.83. The summed E-state index contributed by atoms with van der Waals surface area (Å²) in [5.41, 5.74) is 1.56. The van der Waals surface area contributed by atoms with Crippen LogP contribution >= 0.6 is 11.3 Å². The lowest BCUT2D eigenvalue weighted by Crippen LogP contribution is -2.28. The second-order valence-electron chi connectivity index (χ2n) is 5.64. The van der Waals surface area contributed by atoms with Gasteiger partial charge in [0, 0.05) is 17.1 Å². The van der Waals surface area contributed by atoms with Crippen LogP contribution in [0.2, 0.25) is 0 Å². The van der Waals surface area contributed by atoms with Gasteiger partial charge in [-0.2, -0.15) is 0 Å². The molecule has 0 saturated heterocycles. The van der Waals surface area contributed by atoms with Gasteiger partial charge in [-0.05, 0) is 17.7 Å². The molecular formula is C19H14N4O2S. The number of hydrogen-bond donors (Lipinski definition) is 1. The Bertz CT molecular complexity index is 1120. The molecule has 0 aliphatic heterocycles. The Morgan fingerprint density at radius 3 is 2.65 bits per heavy atom. The van der Waals surface area contributed by atoms with Crippen molar-refractivity contribution in [2.75, 3.05) is 5.32 Å². The minimum absolute atomic E-state index is 0.123. The van der Waals surface area contributed by atoms with E-state index in [1.165, 1.54) is 22.2 Å². The van der Waals surface area contributed by atoms with Gasteiger partial charge in [0.05, 0.1) is 11.7 Å².